The van der Waals surface area contributed by atoms with Crippen molar-refractivity contribution in [2.24, 2.45) is 0 Å². The van der Waals surface area contributed by atoms with Crippen molar-refractivity contribution < 1.29 is 4.42 Å². The lowest BCUT2D eigenvalue weighted by atomic mass is 10.2. The first-order valence-electron chi connectivity index (χ1n) is 5.30. The van der Waals surface area contributed by atoms with E-state index in [1.165, 1.54) is 24.9 Å². The molecule has 0 bridgehead atoms. The maximum absolute atomic E-state index is 5.08. The third-order valence-electron chi connectivity index (χ3n) is 2.90. The van der Waals surface area contributed by atoms with Crippen LogP contribution >= 0.6 is 0 Å². The van der Waals surface area contributed by atoms with Gasteiger partial charge in [-0.25, -0.2) is 0 Å². The highest BCUT2D eigenvalue weighted by molar-refractivity contribution is 5.05. The second-order valence-corrected chi connectivity index (χ2v) is 3.96. The summed E-state index contributed by atoms with van der Waals surface area (Å²) < 4.78 is 5.08. The van der Waals surface area contributed by atoms with E-state index in [-0.39, 0.29) is 0 Å². The van der Waals surface area contributed by atoms with Crippen LogP contribution in [0.15, 0.2) is 23.0 Å². The molecule has 1 unspecified atom stereocenters. The average molecular weight is 194 g/mol. The van der Waals surface area contributed by atoms with Crippen LogP contribution in [0.3, 0.4) is 0 Å². The van der Waals surface area contributed by atoms with Gasteiger partial charge >= 0.3 is 0 Å². The average Bonchev–Trinajstić information content (AvgIpc) is 2.80. The van der Waals surface area contributed by atoms with Crippen molar-refractivity contribution in [2.45, 2.75) is 25.4 Å². The normalized spacial score (nSPS) is 23.1. The minimum atomic E-state index is 0.704. The number of hydrogen-bond donors (Lipinski definition) is 1. The maximum atomic E-state index is 5.08. The van der Waals surface area contributed by atoms with Crippen LogP contribution in [0.5, 0.6) is 0 Å². The second kappa shape index (κ2) is 4.62. The Hall–Kier alpha value is -0.800. The quantitative estimate of drug-likeness (QED) is 0.786. The summed E-state index contributed by atoms with van der Waals surface area (Å²) in [4.78, 5) is 2.53. The number of hydrogen-bond acceptors (Lipinski definition) is 3. The fourth-order valence-corrected chi connectivity index (χ4v) is 2.19. The molecule has 1 atom stereocenters. The lowest BCUT2D eigenvalue weighted by Gasteiger charge is -2.23. The van der Waals surface area contributed by atoms with Crippen LogP contribution in [-0.2, 0) is 6.54 Å². The molecule has 2 heterocycles. The second-order valence-electron chi connectivity index (χ2n) is 3.96. The zero-order valence-corrected chi connectivity index (χ0v) is 8.70. The predicted octanol–water partition coefficient (Wildman–Crippen LogP) is 1.46. The molecular formula is C11H18N2O. The van der Waals surface area contributed by atoms with Crippen molar-refractivity contribution in [1.29, 1.82) is 0 Å². The first kappa shape index (κ1) is 9.74. The molecule has 78 valence electrons. The Kier molecular flexibility index (Phi) is 3.22. The molecule has 1 saturated heterocycles. The van der Waals surface area contributed by atoms with Crippen molar-refractivity contribution in [3.63, 3.8) is 0 Å². The summed E-state index contributed by atoms with van der Waals surface area (Å²) in [7, 11) is 2.02. The summed E-state index contributed by atoms with van der Waals surface area (Å²) in [6, 6.07) is 2.75. The zero-order valence-electron chi connectivity index (χ0n) is 8.70. The van der Waals surface area contributed by atoms with E-state index in [0.717, 1.165) is 13.1 Å². The molecule has 1 aromatic heterocycles. The molecule has 2 rings (SSSR count). The van der Waals surface area contributed by atoms with E-state index in [2.05, 4.69) is 16.3 Å². The Morgan fingerprint density at radius 2 is 2.57 bits per heavy atom. The Bertz CT molecular complexity index is 258. The molecule has 1 fully saturated rings. The zero-order chi connectivity index (χ0) is 9.80. The number of furan rings is 1. The van der Waals surface area contributed by atoms with Crippen molar-refractivity contribution in [1.82, 2.24) is 10.2 Å². The molecule has 0 amide bonds. The van der Waals surface area contributed by atoms with E-state index in [0.29, 0.717) is 6.04 Å². The van der Waals surface area contributed by atoms with Gasteiger partial charge in [0.2, 0.25) is 0 Å². The van der Waals surface area contributed by atoms with Gasteiger partial charge in [-0.3, -0.25) is 4.90 Å². The molecule has 0 aromatic carbocycles. The standard InChI is InChI=1S/C11H18N2O/c1-12-7-11-3-2-5-13(11)8-10-4-6-14-9-10/h4,6,9,11-12H,2-3,5,7-8H2,1H3. The topological polar surface area (TPSA) is 28.4 Å². The highest BCUT2D eigenvalue weighted by atomic mass is 16.3. The maximum Gasteiger partial charge on any atom is 0.0947 e. The monoisotopic (exact) mass is 194 g/mol. The van der Waals surface area contributed by atoms with Gasteiger partial charge in [-0.15, -0.1) is 0 Å². The van der Waals surface area contributed by atoms with Crippen molar-refractivity contribution in [2.75, 3.05) is 20.1 Å². The number of likely N-dealkylation sites (tertiary alicyclic amines) is 1. The van der Waals surface area contributed by atoms with Gasteiger partial charge in [0.15, 0.2) is 0 Å². The molecule has 0 aliphatic carbocycles. The van der Waals surface area contributed by atoms with E-state index in [1.54, 1.807) is 6.26 Å². The van der Waals surface area contributed by atoms with E-state index >= 15 is 0 Å². The van der Waals surface area contributed by atoms with Crippen LogP contribution in [-0.4, -0.2) is 31.1 Å². The third kappa shape index (κ3) is 2.16. The Balaban J connectivity index is 1.90. The molecule has 1 aromatic rings. The molecule has 1 aliphatic rings. The van der Waals surface area contributed by atoms with Gasteiger partial charge in [-0.1, -0.05) is 0 Å². The van der Waals surface area contributed by atoms with Crippen LogP contribution in [0, 0.1) is 0 Å². The van der Waals surface area contributed by atoms with Crippen LogP contribution in [0.1, 0.15) is 18.4 Å². The Labute approximate surface area is 85.1 Å². The minimum Gasteiger partial charge on any atom is -0.472 e. The van der Waals surface area contributed by atoms with Gasteiger partial charge in [0, 0.05) is 24.7 Å². The van der Waals surface area contributed by atoms with Crippen molar-refractivity contribution in [3.05, 3.63) is 24.2 Å². The molecule has 3 heteroatoms. The fourth-order valence-electron chi connectivity index (χ4n) is 2.19. The summed E-state index contributed by atoms with van der Waals surface area (Å²) in [6.07, 6.45) is 6.23. The van der Waals surface area contributed by atoms with Gasteiger partial charge in [-0.2, -0.15) is 0 Å². The van der Waals surface area contributed by atoms with Crippen LogP contribution < -0.4 is 5.32 Å². The summed E-state index contributed by atoms with van der Waals surface area (Å²) in [5, 5.41) is 3.25. The van der Waals surface area contributed by atoms with Crippen LogP contribution in [0.4, 0.5) is 0 Å². The minimum absolute atomic E-state index is 0.704. The first-order valence-corrected chi connectivity index (χ1v) is 5.30. The Morgan fingerprint density at radius 1 is 1.64 bits per heavy atom. The summed E-state index contributed by atoms with van der Waals surface area (Å²) in [6.45, 7) is 3.35. The van der Waals surface area contributed by atoms with Gasteiger partial charge in [-0.05, 0) is 32.5 Å². The van der Waals surface area contributed by atoms with E-state index in [9.17, 15) is 0 Å². The number of likely N-dealkylation sites (N-methyl/N-ethyl adjacent to an activating group) is 1. The molecular weight excluding hydrogens is 176 g/mol. The van der Waals surface area contributed by atoms with Gasteiger partial charge in [0.05, 0.1) is 12.5 Å². The lowest BCUT2D eigenvalue weighted by Crippen LogP contribution is -2.36. The molecule has 14 heavy (non-hydrogen) atoms. The molecule has 1 aliphatic heterocycles. The summed E-state index contributed by atoms with van der Waals surface area (Å²) in [5.41, 5.74) is 1.29. The third-order valence-corrected chi connectivity index (χ3v) is 2.90. The predicted molar refractivity (Wildman–Crippen MR) is 56.1 cm³/mol. The van der Waals surface area contributed by atoms with Crippen LogP contribution in [0.25, 0.3) is 0 Å². The first-order chi connectivity index (χ1) is 6.90. The summed E-state index contributed by atoms with van der Waals surface area (Å²) >= 11 is 0. The molecule has 0 radical (unpaired) electrons. The molecule has 0 saturated carbocycles. The van der Waals surface area contributed by atoms with Crippen molar-refractivity contribution >= 4 is 0 Å². The summed E-state index contributed by atoms with van der Waals surface area (Å²) in [5.74, 6) is 0. The van der Waals surface area contributed by atoms with Gasteiger partial charge in [0.1, 0.15) is 0 Å². The smallest absolute Gasteiger partial charge is 0.0947 e. The highest BCUT2D eigenvalue weighted by Crippen LogP contribution is 2.19. The Morgan fingerprint density at radius 3 is 3.29 bits per heavy atom. The SMILES string of the molecule is CNCC1CCCN1Cc1ccoc1. The number of nitrogens with zero attached hydrogens (tertiary/aromatic N) is 1. The van der Waals surface area contributed by atoms with Gasteiger partial charge in [0.25, 0.3) is 0 Å². The fraction of sp³-hybridized carbons (Fsp3) is 0.636. The highest BCUT2D eigenvalue weighted by Gasteiger charge is 2.23. The molecule has 0 spiro atoms. The lowest BCUT2D eigenvalue weighted by molar-refractivity contribution is 0.241. The van der Waals surface area contributed by atoms with Crippen molar-refractivity contribution in [3.8, 4) is 0 Å². The largest absolute Gasteiger partial charge is 0.472 e. The van der Waals surface area contributed by atoms with Crippen LogP contribution in [0.2, 0.25) is 0 Å². The van der Waals surface area contributed by atoms with Gasteiger partial charge < -0.3 is 9.73 Å². The van der Waals surface area contributed by atoms with E-state index in [1.807, 2.05) is 13.3 Å². The molecule has 3 nitrogen and oxygen atoms in total. The molecule has 1 N–H and O–H groups in total. The number of rotatable bonds is 4. The van der Waals surface area contributed by atoms with E-state index in [4.69, 9.17) is 4.42 Å². The van der Waals surface area contributed by atoms with E-state index < -0.39 is 0 Å². The number of nitrogens with one attached hydrogen (secondary N) is 1.